The first-order chi connectivity index (χ1) is 6.87. The molecule has 1 saturated carbocycles. The molecule has 1 aliphatic carbocycles. The molecule has 0 N–H and O–H groups in total. The van der Waals surface area contributed by atoms with E-state index in [1.165, 1.54) is 38.5 Å². The van der Waals surface area contributed by atoms with Gasteiger partial charge in [-0.15, -0.1) is 0 Å². The van der Waals surface area contributed by atoms with E-state index in [1.807, 2.05) is 0 Å². The molecular formula is C14H19. The highest BCUT2D eigenvalue weighted by Crippen LogP contribution is 2.47. The van der Waals surface area contributed by atoms with Gasteiger partial charge in [0.05, 0.1) is 0 Å². The zero-order valence-electron chi connectivity index (χ0n) is 9.05. The highest BCUT2D eigenvalue weighted by molar-refractivity contribution is 5.27. The predicted molar refractivity (Wildman–Crippen MR) is 60.3 cm³/mol. The summed E-state index contributed by atoms with van der Waals surface area (Å²) >= 11 is 0. The van der Waals surface area contributed by atoms with Gasteiger partial charge in [0, 0.05) is 0 Å². The van der Waals surface area contributed by atoms with Crippen molar-refractivity contribution in [2.75, 3.05) is 0 Å². The van der Waals surface area contributed by atoms with Crippen LogP contribution in [-0.4, -0.2) is 0 Å². The minimum absolute atomic E-state index is 0.547. The zero-order valence-corrected chi connectivity index (χ0v) is 9.05. The molecule has 0 bridgehead atoms. The maximum absolute atomic E-state index is 3.11. The highest BCUT2D eigenvalue weighted by Gasteiger charge is 2.37. The lowest BCUT2D eigenvalue weighted by Crippen LogP contribution is -2.33. The van der Waals surface area contributed by atoms with Gasteiger partial charge in [0.2, 0.25) is 0 Å². The average Bonchev–Trinajstić information content (AvgIpc) is 2.18. The molecular weight excluding hydrogens is 168 g/mol. The third kappa shape index (κ3) is 1.70. The van der Waals surface area contributed by atoms with Crippen molar-refractivity contribution in [1.82, 2.24) is 0 Å². The van der Waals surface area contributed by atoms with Crippen LogP contribution in [0.15, 0.2) is 24.3 Å². The molecule has 0 aromatic heterocycles. The fraction of sp³-hybridized carbons (Fsp3) is 0.571. The summed E-state index contributed by atoms with van der Waals surface area (Å²) in [5, 5.41) is 0. The Balaban J connectivity index is 2.12. The van der Waals surface area contributed by atoms with E-state index < -0.39 is 0 Å². The SMILES string of the molecule is CCCCC1(c2cc[c]cc2)CCC1. The zero-order chi connectivity index (χ0) is 9.86. The lowest BCUT2D eigenvalue weighted by Gasteiger charge is -2.42. The smallest absolute Gasteiger partial charge is 0.00469 e. The van der Waals surface area contributed by atoms with E-state index in [4.69, 9.17) is 0 Å². The Morgan fingerprint density at radius 2 is 2.00 bits per heavy atom. The standard InChI is InChI=1S/C14H19/c1-2-3-10-14(11-7-12-14)13-8-5-4-6-9-13/h5-6,8-9H,2-3,7,10-12H2,1H3. The van der Waals surface area contributed by atoms with E-state index in [2.05, 4.69) is 37.3 Å². The van der Waals surface area contributed by atoms with E-state index in [0.29, 0.717) is 5.41 Å². The predicted octanol–water partition coefficient (Wildman–Crippen LogP) is 4.10. The van der Waals surface area contributed by atoms with Gasteiger partial charge in [0.25, 0.3) is 0 Å². The summed E-state index contributed by atoms with van der Waals surface area (Å²) in [5.74, 6) is 0. The van der Waals surface area contributed by atoms with Crippen LogP contribution in [0.4, 0.5) is 0 Å². The largest absolute Gasteiger partial charge is 0.0654 e. The molecule has 1 aromatic rings. The van der Waals surface area contributed by atoms with Gasteiger partial charge in [0.1, 0.15) is 0 Å². The third-order valence-electron chi connectivity index (χ3n) is 3.65. The van der Waals surface area contributed by atoms with E-state index in [0.717, 1.165) is 0 Å². The Labute approximate surface area is 87.3 Å². The lowest BCUT2D eigenvalue weighted by molar-refractivity contribution is 0.220. The van der Waals surface area contributed by atoms with Crippen molar-refractivity contribution < 1.29 is 0 Å². The fourth-order valence-corrected chi connectivity index (χ4v) is 2.54. The Kier molecular flexibility index (Phi) is 2.90. The molecule has 2 rings (SSSR count). The average molecular weight is 187 g/mol. The van der Waals surface area contributed by atoms with E-state index in [9.17, 15) is 0 Å². The molecule has 0 heteroatoms. The second-order valence-electron chi connectivity index (χ2n) is 4.53. The third-order valence-corrected chi connectivity index (χ3v) is 3.65. The molecule has 0 heterocycles. The molecule has 0 amide bonds. The van der Waals surface area contributed by atoms with Crippen LogP contribution in [0.1, 0.15) is 51.0 Å². The van der Waals surface area contributed by atoms with Crippen LogP contribution in [-0.2, 0) is 5.41 Å². The summed E-state index contributed by atoms with van der Waals surface area (Å²) in [6.45, 7) is 2.28. The van der Waals surface area contributed by atoms with Gasteiger partial charge in [0.15, 0.2) is 0 Å². The van der Waals surface area contributed by atoms with Gasteiger partial charge < -0.3 is 0 Å². The molecule has 0 nitrogen and oxygen atoms in total. The van der Waals surface area contributed by atoms with Gasteiger partial charge in [-0.05, 0) is 36.3 Å². The number of rotatable bonds is 4. The van der Waals surface area contributed by atoms with E-state index in [-0.39, 0.29) is 0 Å². The summed E-state index contributed by atoms with van der Waals surface area (Å²) in [5.41, 5.74) is 2.10. The van der Waals surface area contributed by atoms with Crippen LogP contribution in [0.5, 0.6) is 0 Å². The number of unbranched alkanes of at least 4 members (excludes halogenated alkanes) is 1. The monoisotopic (exact) mass is 187 g/mol. The van der Waals surface area contributed by atoms with Crippen molar-refractivity contribution in [3.8, 4) is 0 Å². The number of hydrogen-bond acceptors (Lipinski definition) is 0. The molecule has 75 valence electrons. The maximum Gasteiger partial charge on any atom is -0.00469 e. The topological polar surface area (TPSA) is 0 Å². The Bertz CT molecular complexity index is 269. The van der Waals surface area contributed by atoms with Crippen molar-refractivity contribution in [2.24, 2.45) is 0 Å². The van der Waals surface area contributed by atoms with Crippen LogP contribution >= 0.6 is 0 Å². The molecule has 0 saturated heterocycles. The number of benzene rings is 1. The normalized spacial score (nSPS) is 18.9. The minimum atomic E-state index is 0.547. The summed E-state index contributed by atoms with van der Waals surface area (Å²) in [4.78, 5) is 0. The van der Waals surface area contributed by atoms with Gasteiger partial charge >= 0.3 is 0 Å². The summed E-state index contributed by atoms with van der Waals surface area (Å²) < 4.78 is 0. The Hall–Kier alpha value is -0.780. The highest BCUT2D eigenvalue weighted by atomic mass is 14.4. The molecule has 1 aromatic carbocycles. The van der Waals surface area contributed by atoms with Crippen LogP contribution < -0.4 is 0 Å². The van der Waals surface area contributed by atoms with E-state index >= 15 is 0 Å². The lowest BCUT2D eigenvalue weighted by atomic mass is 9.62. The van der Waals surface area contributed by atoms with Crippen LogP contribution in [0.2, 0.25) is 0 Å². The number of hydrogen-bond donors (Lipinski definition) is 0. The molecule has 1 radical (unpaired) electrons. The summed E-state index contributed by atoms with van der Waals surface area (Å²) in [7, 11) is 0. The van der Waals surface area contributed by atoms with Gasteiger partial charge in [-0.25, -0.2) is 0 Å². The van der Waals surface area contributed by atoms with Gasteiger partial charge in [-0.1, -0.05) is 50.5 Å². The summed E-state index contributed by atoms with van der Waals surface area (Å²) in [6.07, 6.45) is 8.29. The quantitative estimate of drug-likeness (QED) is 0.665. The van der Waals surface area contributed by atoms with Crippen molar-refractivity contribution in [1.29, 1.82) is 0 Å². The van der Waals surface area contributed by atoms with Crippen molar-refractivity contribution in [3.63, 3.8) is 0 Å². The summed E-state index contributed by atoms with van der Waals surface area (Å²) in [6, 6.07) is 11.7. The van der Waals surface area contributed by atoms with Gasteiger partial charge in [-0.3, -0.25) is 0 Å². The molecule has 0 atom stereocenters. The van der Waals surface area contributed by atoms with Crippen LogP contribution in [0.25, 0.3) is 0 Å². The van der Waals surface area contributed by atoms with Crippen molar-refractivity contribution >= 4 is 0 Å². The first kappa shape index (κ1) is 9.76. The molecule has 0 spiro atoms. The Morgan fingerprint density at radius 3 is 2.50 bits per heavy atom. The van der Waals surface area contributed by atoms with Crippen molar-refractivity contribution in [2.45, 2.75) is 50.9 Å². The fourth-order valence-electron chi connectivity index (χ4n) is 2.54. The van der Waals surface area contributed by atoms with Crippen LogP contribution in [0, 0.1) is 6.07 Å². The van der Waals surface area contributed by atoms with E-state index in [1.54, 1.807) is 5.56 Å². The second-order valence-corrected chi connectivity index (χ2v) is 4.53. The molecule has 1 aliphatic rings. The molecule has 14 heavy (non-hydrogen) atoms. The van der Waals surface area contributed by atoms with Crippen molar-refractivity contribution in [3.05, 3.63) is 35.9 Å². The van der Waals surface area contributed by atoms with Crippen LogP contribution in [0.3, 0.4) is 0 Å². The minimum Gasteiger partial charge on any atom is -0.0654 e. The second kappa shape index (κ2) is 4.16. The van der Waals surface area contributed by atoms with Gasteiger partial charge in [-0.2, -0.15) is 0 Å². The first-order valence-corrected chi connectivity index (χ1v) is 5.84. The molecule has 0 unspecified atom stereocenters. The first-order valence-electron chi connectivity index (χ1n) is 5.84. The molecule has 1 fully saturated rings. The maximum atomic E-state index is 3.11. The molecule has 0 aliphatic heterocycles. The Morgan fingerprint density at radius 1 is 1.29 bits per heavy atom.